The quantitative estimate of drug-likeness (QED) is 0.530. The number of nitrogens with zero attached hydrogens (tertiary/aromatic N) is 3. The number of carbonyl (C=O) groups is 3. The first-order valence-corrected chi connectivity index (χ1v) is 7.56. The summed E-state index contributed by atoms with van der Waals surface area (Å²) in [5, 5.41) is 0. The molecule has 0 aromatic carbocycles. The maximum atomic E-state index is 12.3. The van der Waals surface area contributed by atoms with Crippen LogP contribution < -0.4 is 0 Å². The summed E-state index contributed by atoms with van der Waals surface area (Å²) in [5.74, 6) is -0.586. The lowest BCUT2D eigenvalue weighted by molar-refractivity contribution is -0.144. The SMILES string of the molecule is CC(C)CN(CC(C)C)CN1C(=O)C(=O)N(C(C)C)C1=O. The Bertz CT molecular complexity index is 408. The van der Waals surface area contributed by atoms with Gasteiger partial charge in [0.2, 0.25) is 0 Å². The minimum atomic E-state index is -0.718. The summed E-state index contributed by atoms with van der Waals surface area (Å²) < 4.78 is 0. The molecular formula is C15H27N3O3. The van der Waals surface area contributed by atoms with Crippen molar-refractivity contribution in [2.24, 2.45) is 11.8 Å². The molecule has 0 bridgehead atoms. The molecule has 1 rings (SSSR count). The predicted octanol–water partition coefficient (Wildman–Crippen LogP) is 1.76. The molecule has 0 spiro atoms. The maximum Gasteiger partial charge on any atom is 0.335 e. The summed E-state index contributed by atoms with van der Waals surface area (Å²) >= 11 is 0. The minimum absolute atomic E-state index is 0.184. The highest BCUT2D eigenvalue weighted by atomic mass is 16.2. The highest BCUT2D eigenvalue weighted by molar-refractivity contribution is 6.44. The predicted molar refractivity (Wildman–Crippen MR) is 80.3 cm³/mol. The molecule has 0 atom stereocenters. The number of urea groups is 1. The average Bonchev–Trinajstić information content (AvgIpc) is 2.51. The van der Waals surface area contributed by atoms with E-state index < -0.39 is 17.8 Å². The topological polar surface area (TPSA) is 60.9 Å². The highest BCUT2D eigenvalue weighted by Crippen LogP contribution is 2.16. The van der Waals surface area contributed by atoms with E-state index in [0.29, 0.717) is 11.8 Å². The van der Waals surface area contributed by atoms with Gasteiger partial charge in [0.15, 0.2) is 0 Å². The molecule has 1 heterocycles. The summed E-state index contributed by atoms with van der Waals surface area (Å²) in [6.45, 7) is 13.6. The Morgan fingerprint density at radius 2 is 1.33 bits per heavy atom. The molecule has 0 unspecified atom stereocenters. The summed E-state index contributed by atoms with van der Waals surface area (Å²) in [5.41, 5.74) is 0. The van der Waals surface area contributed by atoms with E-state index in [-0.39, 0.29) is 12.7 Å². The van der Waals surface area contributed by atoms with Crippen LogP contribution in [-0.4, -0.2) is 58.3 Å². The molecular weight excluding hydrogens is 270 g/mol. The first kappa shape index (κ1) is 17.6. The number of hydrogen-bond donors (Lipinski definition) is 0. The standard InChI is InChI=1S/C15H27N3O3/c1-10(2)7-16(8-11(3)4)9-17-13(19)14(20)18(12(5)6)15(17)21/h10-12H,7-9H2,1-6H3. The molecule has 120 valence electrons. The second-order valence-corrected chi connectivity index (χ2v) is 6.75. The van der Waals surface area contributed by atoms with E-state index in [2.05, 4.69) is 32.6 Å². The van der Waals surface area contributed by atoms with Crippen LogP contribution in [0.1, 0.15) is 41.5 Å². The Labute approximate surface area is 127 Å². The van der Waals surface area contributed by atoms with Crippen LogP contribution in [0.5, 0.6) is 0 Å². The van der Waals surface area contributed by atoms with Crippen molar-refractivity contribution in [2.75, 3.05) is 19.8 Å². The molecule has 0 aromatic rings. The van der Waals surface area contributed by atoms with Crippen LogP contribution >= 0.6 is 0 Å². The fraction of sp³-hybridized carbons (Fsp3) is 0.800. The fourth-order valence-electron chi connectivity index (χ4n) is 2.53. The van der Waals surface area contributed by atoms with Gasteiger partial charge in [-0.25, -0.2) is 9.69 Å². The number of hydrogen-bond acceptors (Lipinski definition) is 4. The Morgan fingerprint density at radius 1 is 0.857 bits per heavy atom. The molecule has 0 aromatic heterocycles. The third-order valence-corrected chi connectivity index (χ3v) is 3.19. The van der Waals surface area contributed by atoms with Gasteiger partial charge in [0, 0.05) is 19.1 Å². The zero-order chi connectivity index (χ0) is 16.3. The van der Waals surface area contributed by atoms with Crippen molar-refractivity contribution in [2.45, 2.75) is 47.6 Å². The molecule has 0 aliphatic carbocycles. The Morgan fingerprint density at radius 3 is 1.67 bits per heavy atom. The van der Waals surface area contributed by atoms with Gasteiger partial charge in [-0.2, -0.15) is 0 Å². The first-order chi connectivity index (χ1) is 9.65. The number of rotatable bonds is 7. The van der Waals surface area contributed by atoms with Gasteiger partial charge in [0.05, 0.1) is 6.67 Å². The van der Waals surface area contributed by atoms with Crippen molar-refractivity contribution in [1.29, 1.82) is 0 Å². The lowest BCUT2D eigenvalue weighted by Gasteiger charge is -2.29. The van der Waals surface area contributed by atoms with Gasteiger partial charge in [-0.3, -0.25) is 19.4 Å². The van der Waals surface area contributed by atoms with Gasteiger partial charge < -0.3 is 0 Å². The van der Waals surface area contributed by atoms with Crippen molar-refractivity contribution < 1.29 is 14.4 Å². The lowest BCUT2D eigenvalue weighted by Crippen LogP contribution is -2.45. The van der Waals surface area contributed by atoms with Crippen LogP contribution in [0.2, 0.25) is 0 Å². The second-order valence-electron chi connectivity index (χ2n) is 6.75. The third-order valence-electron chi connectivity index (χ3n) is 3.19. The summed E-state index contributed by atoms with van der Waals surface area (Å²) in [6.07, 6.45) is 0. The first-order valence-electron chi connectivity index (χ1n) is 7.56. The van der Waals surface area contributed by atoms with Gasteiger partial charge in [-0.15, -0.1) is 0 Å². The van der Waals surface area contributed by atoms with Crippen LogP contribution in [-0.2, 0) is 9.59 Å². The molecule has 0 saturated carbocycles. The maximum absolute atomic E-state index is 12.3. The lowest BCUT2D eigenvalue weighted by atomic mass is 10.1. The summed E-state index contributed by atoms with van der Waals surface area (Å²) in [6, 6.07) is -0.805. The molecule has 21 heavy (non-hydrogen) atoms. The normalized spacial score (nSPS) is 16.6. The van der Waals surface area contributed by atoms with E-state index in [0.717, 1.165) is 22.9 Å². The van der Waals surface area contributed by atoms with Gasteiger partial charge in [-0.1, -0.05) is 27.7 Å². The molecule has 0 N–H and O–H groups in total. The monoisotopic (exact) mass is 297 g/mol. The van der Waals surface area contributed by atoms with Crippen molar-refractivity contribution in [3.63, 3.8) is 0 Å². The summed E-state index contributed by atoms with van der Waals surface area (Å²) in [4.78, 5) is 40.3. The van der Waals surface area contributed by atoms with Crippen LogP contribution in [0.4, 0.5) is 4.79 Å². The largest absolute Gasteiger partial charge is 0.335 e. The van der Waals surface area contributed by atoms with Crippen molar-refractivity contribution >= 4 is 17.8 Å². The molecule has 6 heteroatoms. The highest BCUT2D eigenvalue weighted by Gasteiger charge is 2.46. The van der Waals surface area contributed by atoms with E-state index in [1.807, 2.05) is 0 Å². The van der Waals surface area contributed by atoms with Crippen molar-refractivity contribution in [3.05, 3.63) is 0 Å². The van der Waals surface area contributed by atoms with Crippen LogP contribution in [0.3, 0.4) is 0 Å². The van der Waals surface area contributed by atoms with Gasteiger partial charge in [-0.05, 0) is 25.7 Å². The Balaban J connectivity index is 2.85. The van der Waals surface area contributed by atoms with Crippen molar-refractivity contribution in [1.82, 2.24) is 14.7 Å². The van der Waals surface area contributed by atoms with E-state index in [4.69, 9.17) is 0 Å². The smallest absolute Gasteiger partial charge is 0.285 e. The van der Waals surface area contributed by atoms with Crippen molar-refractivity contribution in [3.8, 4) is 0 Å². The fourth-order valence-corrected chi connectivity index (χ4v) is 2.53. The minimum Gasteiger partial charge on any atom is -0.285 e. The zero-order valence-electron chi connectivity index (χ0n) is 13.9. The van der Waals surface area contributed by atoms with E-state index >= 15 is 0 Å². The number of amides is 4. The second kappa shape index (κ2) is 7.02. The Kier molecular flexibility index (Phi) is 5.89. The third kappa shape index (κ3) is 4.27. The molecule has 1 aliphatic heterocycles. The molecule has 1 aliphatic rings. The van der Waals surface area contributed by atoms with Gasteiger partial charge >= 0.3 is 17.8 Å². The zero-order valence-corrected chi connectivity index (χ0v) is 13.9. The number of imide groups is 2. The average molecular weight is 297 g/mol. The molecule has 1 fully saturated rings. The van der Waals surface area contributed by atoms with Crippen LogP contribution in [0.15, 0.2) is 0 Å². The van der Waals surface area contributed by atoms with E-state index in [1.54, 1.807) is 13.8 Å². The van der Waals surface area contributed by atoms with E-state index in [9.17, 15) is 14.4 Å². The van der Waals surface area contributed by atoms with Gasteiger partial charge in [0.1, 0.15) is 0 Å². The van der Waals surface area contributed by atoms with Crippen LogP contribution in [0, 0.1) is 11.8 Å². The molecule has 4 amide bonds. The van der Waals surface area contributed by atoms with Gasteiger partial charge in [0.25, 0.3) is 0 Å². The van der Waals surface area contributed by atoms with E-state index in [1.165, 1.54) is 0 Å². The summed E-state index contributed by atoms with van der Waals surface area (Å²) in [7, 11) is 0. The van der Waals surface area contributed by atoms with Crippen LogP contribution in [0.25, 0.3) is 0 Å². The molecule has 1 saturated heterocycles. The molecule has 6 nitrogen and oxygen atoms in total. The Hall–Kier alpha value is -1.43. The molecule has 0 radical (unpaired) electrons. The number of carbonyl (C=O) groups excluding carboxylic acids is 3.